The molecule has 1 aromatic heterocycles. The van der Waals surface area contributed by atoms with Gasteiger partial charge in [-0.1, -0.05) is 6.07 Å². The van der Waals surface area contributed by atoms with Crippen molar-refractivity contribution in [1.29, 1.82) is 0 Å². The van der Waals surface area contributed by atoms with Crippen molar-refractivity contribution in [1.82, 2.24) is 14.8 Å². The average Bonchev–Trinajstić information content (AvgIpc) is 3.00. The van der Waals surface area contributed by atoms with Crippen LogP contribution in [0.1, 0.15) is 28.9 Å². The molecule has 0 saturated heterocycles. The van der Waals surface area contributed by atoms with Crippen LogP contribution in [0.25, 0.3) is 5.69 Å². The fraction of sp³-hybridized carbons (Fsp3) is 0.158. The van der Waals surface area contributed by atoms with Crippen LogP contribution in [-0.2, 0) is 4.79 Å². The monoisotopic (exact) mass is 367 g/mol. The molecule has 0 spiro atoms. The first kappa shape index (κ1) is 18.2. The predicted molar refractivity (Wildman–Crippen MR) is 99.5 cm³/mol. The molecule has 27 heavy (non-hydrogen) atoms. The first-order valence-corrected chi connectivity index (χ1v) is 8.22. The van der Waals surface area contributed by atoms with E-state index in [1.165, 1.54) is 23.7 Å². The molecule has 0 radical (unpaired) electrons. The highest BCUT2D eigenvalue weighted by atomic mass is 19.1. The Morgan fingerprint density at radius 3 is 2.41 bits per heavy atom. The number of hydrogen-bond donors (Lipinski definition) is 2. The molecule has 7 nitrogen and oxygen atoms in total. The van der Waals surface area contributed by atoms with Gasteiger partial charge in [-0.15, -0.1) is 5.10 Å². The van der Waals surface area contributed by atoms with Crippen molar-refractivity contribution in [3.63, 3.8) is 0 Å². The normalized spacial score (nSPS) is 10.5. The molecule has 0 saturated carbocycles. The Morgan fingerprint density at radius 1 is 1.04 bits per heavy atom. The topological polar surface area (TPSA) is 88.9 Å². The molecule has 1 heterocycles. The van der Waals surface area contributed by atoms with Crippen LogP contribution >= 0.6 is 0 Å². The molecule has 2 N–H and O–H groups in total. The lowest BCUT2D eigenvalue weighted by Crippen LogP contribution is -2.15. The highest BCUT2D eigenvalue weighted by Crippen LogP contribution is 2.21. The second-order valence-corrected chi connectivity index (χ2v) is 6.04. The van der Waals surface area contributed by atoms with E-state index in [-0.39, 0.29) is 17.5 Å². The molecule has 3 aromatic rings. The fourth-order valence-electron chi connectivity index (χ4n) is 2.53. The van der Waals surface area contributed by atoms with Crippen molar-refractivity contribution in [2.45, 2.75) is 20.8 Å². The van der Waals surface area contributed by atoms with Gasteiger partial charge >= 0.3 is 0 Å². The van der Waals surface area contributed by atoms with Gasteiger partial charge in [0.15, 0.2) is 0 Å². The summed E-state index contributed by atoms with van der Waals surface area (Å²) in [4.78, 5) is 27.9. The molecule has 0 aliphatic rings. The van der Waals surface area contributed by atoms with E-state index in [9.17, 15) is 14.0 Å². The minimum absolute atomic E-state index is 0.0128. The van der Waals surface area contributed by atoms with Crippen LogP contribution < -0.4 is 10.6 Å². The van der Waals surface area contributed by atoms with Crippen molar-refractivity contribution in [2.75, 3.05) is 10.6 Å². The Bertz CT molecular complexity index is 1010. The number of rotatable bonds is 4. The summed E-state index contributed by atoms with van der Waals surface area (Å²) in [5.74, 6) is -0.561. The van der Waals surface area contributed by atoms with Gasteiger partial charge in [-0.25, -0.2) is 14.1 Å². The SMILES string of the molecule is CC(=O)Nc1ccc(C)c(NC(=O)c2nc(C)n(-c3ccc(F)cc3)n2)c1. The van der Waals surface area contributed by atoms with Crippen molar-refractivity contribution < 1.29 is 14.0 Å². The van der Waals surface area contributed by atoms with Gasteiger partial charge in [0.2, 0.25) is 11.7 Å². The molecule has 0 bridgehead atoms. The summed E-state index contributed by atoms with van der Waals surface area (Å²) in [5, 5.41) is 9.63. The standard InChI is InChI=1S/C19H18FN5O2/c1-11-4-7-15(22-13(3)26)10-17(11)23-19(27)18-21-12(2)25(24-18)16-8-5-14(20)6-9-16/h4-10H,1-3H3,(H,22,26)(H,23,27). The zero-order valence-electron chi connectivity index (χ0n) is 15.1. The molecule has 0 unspecified atom stereocenters. The van der Waals surface area contributed by atoms with Crippen LogP contribution in [0.3, 0.4) is 0 Å². The molecule has 2 aromatic carbocycles. The molecule has 0 atom stereocenters. The maximum Gasteiger partial charge on any atom is 0.295 e. The molecular formula is C19H18FN5O2. The quantitative estimate of drug-likeness (QED) is 0.741. The van der Waals surface area contributed by atoms with Gasteiger partial charge in [0, 0.05) is 18.3 Å². The molecule has 0 fully saturated rings. The first-order valence-electron chi connectivity index (χ1n) is 8.22. The summed E-state index contributed by atoms with van der Waals surface area (Å²) in [6, 6.07) is 10.9. The smallest absolute Gasteiger partial charge is 0.295 e. The number of hydrogen-bond acceptors (Lipinski definition) is 4. The number of anilines is 2. The van der Waals surface area contributed by atoms with Crippen LogP contribution in [0.15, 0.2) is 42.5 Å². The van der Waals surface area contributed by atoms with Crippen LogP contribution in [0.4, 0.5) is 15.8 Å². The van der Waals surface area contributed by atoms with Gasteiger partial charge in [0.05, 0.1) is 5.69 Å². The van der Waals surface area contributed by atoms with Gasteiger partial charge in [0.1, 0.15) is 11.6 Å². The number of amides is 2. The van der Waals surface area contributed by atoms with Crippen molar-refractivity contribution in [2.24, 2.45) is 0 Å². The van der Waals surface area contributed by atoms with Gasteiger partial charge in [-0.3, -0.25) is 9.59 Å². The largest absolute Gasteiger partial charge is 0.326 e. The number of nitrogens with zero attached hydrogens (tertiary/aromatic N) is 3. The van der Waals surface area contributed by atoms with Gasteiger partial charge in [0.25, 0.3) is 5.91 Å². The number of benzene rings is 2. The molecule has 0 aliphatic carbocycles. The summed E-state index contributed by atoms with van der Waals surface area (Å²) in [5.41, 5.74) is 2.54. The molecular weight excluding hydrogens is 349 g/mol. The van der Waals surface area contributed by atoms with E-state index < -0.39 is 5.91 Å². The lowest BCUT2D eigenvalue weighted by molar-refractivity contribution is -0.114. The highest BCUT2D eigenvalue weighted by molar-refractivity contribution is 6.02. The number of carbonyl (C=O) groups is 2. The molecule has 2 amide bonds. The maximum absolute atomic E-state index is 13.1. The van der Waals surface area contributed by atoms with Crippen LogP contribution in [-0.4, -0.2) is 26.6 Å². The third-order valence-corrected chi connectivity index (χ3v) is 3.85. The Hall–Kier alpha value is -3.55. The summed E-state index contributed by atoms with van der Waals surface area (Å²) in [6.45, 7) is 4.95. The third-order valence-electron chi connectivity index (χ3n) is 3.85. The van der Waals surface area contributed by atoms with E-state index in [2.05, 4.69) is 20.7 Å². The third kappa shape index (κ3) is 4.17. The zero-order valence-corrected chi connectivity index (χ0v) is 15.1. The molecule has 3 rings (SSSR count). The van der Waals surface area contributed by atoms with Crippen LogP contribution in [0, 0.1) is 19.7 Å². The van der Waals surface area contributed by atoms with E-state index in [1.54, 1.807) is 37.3 Å². The summed E-state index contributed by atoms with van der Waals surface area (Å²) < 4.78 is 14.6. The summed E-state index contributed by atoms with van der Waals surface area (Å²) in [7, 11) is 0. The second-order valence-electron chi connectivity index (χ2n) is 6.04. The van der Waals surface area contributed by atoms with Gasteiger partial charge in [-0.2, -0.15) is 0 Å². The van der Waals surface area contributed by atoms with E-state index in [1.807, 2.05) is 6.92 Å². The lowest BCUT2D eigenvalue weighted by Gasteiger charge is -2.09. The van der Waals surface area contributed by atoms with Crippen molar-refractivity contribution >= 4 is 23.2 Å². The Labute approximate surface area is 155 Å². The van der Waals surface area contributed by atoms with E-state index in [0.29, 0.717) is 22.9 Å². The molecule has 138 valence electrons. The van der Waals surface area contributed by atoms with Gasteiger partial charge < -0.3 is 10.6 Å². The van der Waals surface area contributed by atoms with E-state index in [4.69, 9.17) is 0 Å². The number of nitrogens with one attached hydrogen (secondary N) is 2. The minimum Gasteiger partial charge on any atom is -0.326 e. The minimum atomic E-state index is -0.484. The molecule has 0 aliphatic heterocycles. The Balaban J connectivity index is 1.84. The summed E-state index contributed by atoms with van der Waals surface area (Å²) in [6.07, 6.45) is 0. The van der Waals surface area contributed by atoms with E-state index >= 15 is 0 Å². The van der Waals surface area contributed by atoms with Crippen LogP contribution in [0.2, 0.25) is 0 Å². The lowest BCUT2D eigenvalue weighted by atomic mass is 10.1. The number of carbonyl (C=O) groups excluding carboxylic acids is 2. The van der Waals surface area contributed by atoms with Gasteiger partial charge in [-0.05, 0) is 55.8 Å². The number of aryl methyl sites for hydroxylation is 2. The second kappa shape index (κ2) is 7.36. The number of halogens is 1. The number of aromatic nitrogens is 3. The Morgan fingerprint density at radius 2 is 1.74 bits per heavy atom. The maximum atomic E-state index is 13.1. The molecule has 8 heteroatoms. The van der Waals surface area contributed by atoms with Crippen LogP contribution in [0.5, 0.6) is 0 Å². The van der Waals surface area contributed by atoms with Crippen molar-refractivity contribution in [3.05, 3.63) is 65.5 Å². The average molecular weight is 367 g/mol. The summed E-state index contributed by atoms with van der Waals surface area (Å²) >= 11 is 0. The highest BCUT2D eigenvalue weighted by Gasteiger charge is 2.16. The first-order chi connectivity index (χ1) is 12.8. The van der Waals surface area contributed by atoms with Crippen molar-refractivity contribution in [3.8, 4) is 5.69 Å². The van der Waals surface area contributed by atoms with E-state index in [0.717, 1.165) is 5.56 Å². The Kier molecular flexibility index (Phi) is 4.98. The predicted octanol–water partition coefficient (Wildman–Crippen LogP) is 3.23. The zero-order chi connectivity index (χ0) is 19.6. The fourth-order valence-corrected chi connectivity index (χ4v) is 2.53.